The number of amides is 2. The lowest BCUT2D eigenvalue weighted by molar-refractivity contribution is 0.0945. The smallest absolute Gasteiger partial charge is 0.272 e. The van der Waals surface area contributed by atoms with Gasteiger partial charge in [-0.1, -0.05) is 59.7 Å². The summed E-state index contributed by atoms with van der Waals surface area (Å²) >= 11 is 3.40. The predicted molar refractivity (Wildman–Crippen MR) is 187 cm³/mol. The number of benzene rings is 2. The van der Waals surface area contributed by atoms with Crippen LogP contribution in [0.2, 0.25) is 0 Å². The Balaban J connectivity index is 0.916. The van der Waals surface area contributed by atoms with E-state index >= 15 is 0 Å². The van der Waals surface area contributed by atoms with Crippen molar-refractivity contribution < 1.29 is 9.59 Å². The van der Waals surface area contributed by atoms with Crippen LogP contribution in [0.4, 0.5) is 0 Å². The normalized spacial score (nSPS) is 12.5. The SMILES string of the molecule is Cc1ccc(Cn2nc(C(=O)NCCCNC(=O)c3nn(Cc4ccc(C)cc4)c4c3Cc3ccsc3-4)c3c2-c2sccc2C3)cc1. The number of nitrogens with zero attached hydrogens (tertiary/aromatic N) is 4. The van der Waals surface area contributed by atoms with Crippen LogP contribution in [-0.2, 0) is 25.9 Å². The molecule has 6 aromatic rings. The summed E-state index contributed by atoms with van der Waals surface area (Å²) in [6.07, 6.45) is 2.03. The second-order valence-corrected chi connectivity index (χ2v) is 14.2. The van der Waals surface area contributed by atoms with Crippen molar-refractivity contribution in [2.45, 2.75) is 46.2 Å². The molecule has 0 saturated carbocycles. The molecule has 0 spiro atoms. The molecule has 0 unspecified atom stereocenters. The Morgan fingerprint density at radius 2 is 1.09 bits per heavy atom. The molecule has 47 heavy (non-hydrogen) atoms. The van der Waals surface area contributed by atoms with E-state index in [1.165, 1.54) is 32.0 Å². The maximum atomic E-state index is 13.4. The van der Waals surface area contributed by atoms with Crippen molar-refractivity contribution in [3.63, 3.8) is 0 Å². The summed E-state index contributed by atoms with van der Waals surface area (Å²) < 4.78 is 3.96. The number of nitrogens with one attached hydrogen (secondary N) is 2. The summed E-state index contributed by atoms with van der Waals surface area (Å²) in [7, 11) is 0. The standard InChI is InChI=1S/C37H34N6O2S2/c1-22-4-8-24(9-5-22)20-42-32-28(18-26-12-16-46-34(26)32)30(40-42)36(44)38-14-3-15-39-37(45)31-29-19-27-13-17-47-35(27)33(29)43(41-31)21-25-10-6-23(2)7-11-25/h4-13,16-17H,3,14-15,18-21H2,1-2H3,(H,38,44)(H,39,45). The van der Waals surface area contributed by atoms with Gasteiger partial charge < -0.3 is 10.6 Å². The van der Waals surface area contributed by atoms with Crippen molar-refractivity contribution in [2.75, 3.05) is 13.1 Å². The highest BCUT2D eigenvalue weighted by Gasteiger charge is 2.32. The third kappa shape index (κ3) is 5.51. The van der Waals surface area contributed by atoms with Crippen LogP contribution in [0.15, 0.2) is 71.4 Å². The third-order valence-corrected chi connectivity index (χ3v) is 10.9. The summed E-state index contributed by atoms with van der Waals surface area (Å²) in [5.41, 5.74) is 12.3. The van der Waals surface area contributed by atoms with Gasteiger partial charge in [0, 0.05) is 37.1 Å². The van der Waals surface area contributed by atoms with E-state index in [1.54, 1.807) is 22.7 Å². The van der Waals surface area contributed by atoms with Gasteiger partial charge in [0.15, 0.2) is 11.4 Å². The molecule has 4 heterocycles. The van der Waals surface area contributed by atoms with Crippen LogP contribution < -0.4 is 10.6 Å². The first-order valence-electron chi connectivity index (χ1n) is 15.9. The molecular formula is C37H34N6O2S2. The first kappa shape index (κ1) is 29.6. The number of carbonyl (C=O) groups is 2. The van der Waals surface area contributed by atoms with Crippen molar-refractivity contribution >= 4 is 34.5 Å². The van der Waals surface area contributed by atoms with E-state index in [0.29, 0.717) is 56.8 Å². The second-order valence-electron chi connectivity index (χ2n) is 12.4. The van der Waals surface area contributed by atoms with Gasteiger partial charge in [0.05, 0.1) is 34.2 Å². The lowest BCUT2D eigenvalue weighted by Gasteiger charge is -2.07. The molecule has 2 aliphatic rings. The molecule has 8 rings (SSSR count). The van der Waals surface area contributed by atoms with Crippen LogP contribution in [0, 0.1) is 13.8 Å². The maximum absolute atomic E-state index is 13.4. The molecule has 0 fully saturated rings. The number of aryl methyl sites for hydroxylation is 2. The summed E-state index contributed by atoms with van der Waals surface area (Å²) in [6.45, 7) is 6.23. The maximum Gasteiger partial charge on any atom is 0.272 e. The molecule has 4 aromatic heterocycles. The number of thiophene rings is 2. The largest absolute Gasteiger partial charge is 0.351 e. The van der Waals surface area contributed by atoms with Crippen LogP contribution in [-0.4, -0.2) is 44.5 Å². The number of carbonyl (C=O) groups excluding carboxylic acids is 2. The van der Waals surface area contributed by atoms with Gasteiger partial charge in [-0.3, -0.25) is 19.0 Å². The summed E-state index contributed by atoms with van der Waals surface area (Å²) in [6, 6.07) is 21.2. The molecule has 0 radical (unpaired) electrons. The monoisotopic (exact) mass is 658 g/mol. The summed E-state index contributed by atoms with van der Waals surface area (Å²) in [5.74, 6) is -0.353. The minimum atomic E-state index is -0.177. The van der Waals surface area contributed by atoms with E-state index in [4.69, 9.17) is 10.2 Å². The number of aromatic nitrogens is 4. The highest BCUT2D eigenvalue weighted by Crippen LogP contribution is 2.43. The molecule has 236 valence electrons. The lowest BCUT2D eigenvalue weighted by atomic mass is 10.1. The zero-order valence-electron chi connectivity index (χ0n) is 26.3. The number of hydrogen-bond donors (Lipinski definition) is 2. The molecule has 10 heteroatoms. The molecule has 0 aliphatic heterocycles. The fraction of sp³-hybridized carbons (Fsp3) is 0.243. The van der Waals surface area contributed by atoms with Crippen LogP contribution in [0.1, 0.15) is 71.9 Å². The van der Waals surface area contributed by atoms with Gasteiger partial charge in [-0.05, 0) is 65.4 Å². The molecule has 0 saturated heterocycles. The Kier molecular flexibility index (Phi) is 7.61. The third-order valence-electron chi connectivity index (χ3n) is 9.02. The van der Waals surface area contributed by atoms with Gasteiger partial charge in [0.25, 0.3) is 11.8 Å². The highest BCUT2D eigenvalue weighted by molar-refractivity contribution is 7.14. The quantitative estimate of drug-likeness (QED) is 0.162. The minimum absolute atomic E-state index is 0.177. The van der Waals surface area contributed by atoms with E-state index in [0.717, 1.165) is 33.6 Å². The van der Waals surface area contributed by atoms with Crippen LogP contribution in [0.25, 0.3) is 21.1 Å². The van der Waals surface area contributed by atoms with E-state index in [-0.39, 0.29) is 11.8 Å². The van der Waals surface area contributed by atoms with Crippen molar-refractivity contribution in [3.05, 3.63) is 127 Å². The van der Waals surface area contributed by atoms with Gasteiger partial charge in [-0.2, -0.15) is 10.2 Å². The van der Waals surface area contributed by atoms with Crippen LogP contribution in [0.5, 0.6) is 0 Å². The van der Waals surface area contributed by atoms with E-state index in [1.807, 2.05) is 9.36 Å². The summed E-state index contributed by atoms with van der Waals surface area (Å²) in [4.78, 5) is 29.2. The Morgan fingerprint density at radius 1 is 0.660 bits per heavy atom. The van der Waals surface area contributed by atoms with E-state index in [2.05, 4.69) is 95.9 Å². The average Bonchev–Trinajstić information content (AvgIpc) is 3.89. The van der Waals surface area contributed by atoms with E-state index in [9.17, 15) is 9.59 Å². The molecule has 0 bridgehead atoms. The number of fused-ring (bicyclic) bond motifs is 6. The average molecular weight is 659 g/mol. The topological polar surface area (TPSA) is 93.8 Å². The molecule has 2 N–H and O–H groups in total. The Hall–Kier alpha value is -4.80. The molecular weight excluding hydrogens is 625 g/mol. The van der Waals surface area contributed by atoms with Crippen molar-refractivity contribution in [1.82, 2.24) is 30.2 Å². The molecule has 2 aliphatic carbocycles. The zero-order chi connectivity index (χ0) is 32.1. The van der Waals surface area contributed by atoms with Gasteiger partial charge in [-0.25, -0.2) is 0 Å². The summed E-state index contributed by atoms with van der Waals surface area (Å²) in [5, 5.41) is 19.9. The fourth-order valence-electron chi connectivity index (χ4n) is 6.57. The van der Waals surface area contributed by atoms with Crippen LogP contribution >= 0.6 is 22.7 Å². The molecule has 2 aromatic carbocycles. The highest BCUT2D eigenvalue weighted by atomic mass is 32.1. The lowest BCUT2D eigenvalue weighted by Crippen LogP contribution is -2.31. The van der Waals surface area contributed by atoms with Gasteiger partial charge in [-0.15, -0.1) is 22.7 Å². The Bertz CT molecular complexity index is 1980. The Morgan fingerprint density at radius 3 is 1.51 bits per heavy atom. The van der Waals surface area contributed by atoms with Crippen molar-refractivity contribution in [1.29, 1.82) is 0 Å². The fourth-order valence-corrected chi connectivity index (χ4v) is 8.57. The van der Waals surface area contributed by atoms with Crippen molar-refractivity contribution in [2.24, 2.45) is 0 Å². The van der Waals surface area contributed by atoms with Gasteiger partial charge in [0.1, 0.15) is 0 Å². The molecule has 8 nitrogen and oxygen atoms in total. The van der Waals surface area contributed by atoms with Crippen LogP contribution in [0.3, 0.4) is 0 Å². The molecule has 2 amide bonds. The number of hydrogen-bond acceptors (Lipinski definition) is 6. The second kappa shape index (κ2) is 12.1. The van der Waals surface area contributed by atoms with Gasteiger partial charge >= 0.3 is 0 Å². The zero-order valence-corrected chi connectivity index (χ0v) is 27.9. The predicted octanol–water partition coefficient (Wildman–Crippen LogP) is 6.61. The van der Waals surface area contributed by atoms with Crippen molar-refractivity contribution in [3.8, 4) is 21.1 Å². The first-order valence-corrected chi connectivity index (χ1v) is 17.7. The van der Waals surface area contributed by atoms with E-state index < -0.39 is 0 Å². The molecule has 0 atom stereocenters. The Labute approximate surface area is 281 Å². The first-order chi connectivity index (χ1) is 22.9. The minimum Gasteiger partial charge on any atom is -0.351 e. The van der Waals surface area contributed by atoms with Gasteiger partial charge in [0.2, 0.25) is 0 Å². The number of rotatable bonds is 10.